The number of nitro groups is 1. The van der Waals surface area contributed by atoms with Crippen LogP contribution in [0.15, 0.2) is 30.6 Å². The van der Waals surface area contributed by atoms with E-state index in [0.29, 0.717) is 17.2 Å². The number of ether oxygens (including phenoxy) is 3. The van der Waals surface area contributed by atoms with E-state index < -0.39 is 4.92 Å². The summed E-state index contributed by atoms with van der Waals surface area (Å²) >= 11 is 0. The van der Waals surface area contributed by atoms with E-state index in [1.54, 1.807) is 18.2 Å². The summed E-state index contributed by atoms with van der Waals surface area (Å²) in [7, 11) is 0. The molecule has 1 aromatic carbocycles. The summed E-state index contributed by atoms with van der Waals surface area (Å²) < 4.78 is 17.2. The Balaban J connectivity index is 1.67. The van der Waals surface area contributed by atoms with Crippen LogP contribution >= 0.6 is 0 Å². The second-order valence-electron chi connectivity index (χ2n) is 3.78. The van der Waals surface area contributed by atoms with Crippen LogP contribution in [-0.4, -0.2) is 21.5 Å². The van der Waals surface area contributed by atoms with Gasteiger partial charge in [0, 0.05) is 6.07 Å². The Morgan fingerprint density at radius 3 is 3.05 bits per heavy atom. The van der Waals surface area contributed by atoms with Crippen molar-refractivity contribution >= 4 is 5.69 Å². The highest BCUT2D eigenvalue weighted by molar-refractivity contribution is 5.46. The molecule has 8 nitrogen and oxygen atoms in total. The molecular formula is C11H9N3O5. The van der Waals surface area contributed by atoms with E-state index in [4.69, 9.17) is 14.2 Å². The maximum absolute atomic E-state index is 10.5. The third-order valence-electron chi connectivity index (χ3n) is 2.54. The molecule has 0 aliphatic carbocycles. The molecule has 2 aromatic rings. The zero-order chi connectivity index (χ0) is 13.2. The number of hydrogen-bond donors (Lipinski definition) is 0. The van der Waals surface area contributed by atoms with Crippen molar-refractivity contribution in [2.45, 2.75) is 6.73 Å². The Morgan fingerprint density at radius 1 is 1.42 bits per heavy atom. The summed E-state index contributed by atoms with van der Waals surface area (Å²) in [5.74, 6) is 1.86. The molecule has 0 bridgehead atoms. The molecule has 0 amide bonds. The number of nitrogens with zero attached hydrogens (tertiary/aromatic N) is 3. The van der Waals surface area contributed by atoms with E-state index in [2.05, 4.69) is 5.10 Å². The standard InChI is InChI=1S/C11H9N3O5/c15-14(16)8-4-12-13(5-8)6-17-9-1-2-10-11(3-9)19-7-18-10/h1-5H,6-7H2. The lowest BCUT2D eigenvalue weighted by Crippen LogP contribution is -2.05. The predicted molar refractivity (Wildman–Crippen MR) is 62.1 cm³/mol. The van der Waals surface area contributed by atoms with Crippen LogP contribution in [0.25, 0.3) is 0 Å². The van der Waals surface area contributed by atoms with Crippen LogP contribution in [0.1, 0.15) is 0 Å². The van der Waals surface area contributed by atoms with Gasteiger partial charge >= 0.3 is 5.69 Å². The molecule has 3 rings (SSSR count). The maximum atomic E-state index is 10.5. The summed E-state index contributed by atoms with van der Waals surface area (Å²) in [4.78, 5) is 9.99. The molecule has 98 valence electrons. The Bertz CT molecular complexity index is 625. The van der Waals surface area contributed by atoms with Crippen molar-refractivity contribution in [3.8, 4) is 17.2 Å². The molecule has 0 spiro atoms. The summed E-state index contributed by atoms with van der Waals surface area (Å²) in [5.41, 5.74) is -0.0747. The molecule has 0 radical (unpaired) electrons. The van der Waals surface area contributed by atoms with Crippen molar-refractivity contribution in [3.63, 3.8) is 0 Å². The fraction of sp³-hybridized carbons (Fsp3) is 0.182. The van der Waals surface area contributed by atoms with E-state index >= 15 is 0 Å². The molecule has 0 saturated carbocycles. The average molecular weight is 263 g/mol. The van der Waals surface area contributed by atoms with Crippen LogP contribution in [0.3, 0.4) is 0 Å². The average Bonchev–Trinajstić information content (AvgIpc) is 3.04. The van der Waals surface area contributed by atoms with Gasteiger partial charge < -0.3 is 14.2 Å². The molecule has 8 heteroatoms. The Hall–Kier alpha value is -2.77. The maximum Gasteiger partial charge on any atom is 0.307 e. The van der Waals surface area contributed by atoms with E-state index in [1.807, 2.05) is 0 Å². The lowest BCUT2D eigenvalue weighted by molar-refractivity contribution is -0.385. The van der Waals surface area contributed by atoms with Gasteiger partial charge in [-0.05, 0) is 12.1 Å². The lowest BCUT2D eigenvalue weighted by atomic mass is 10.3. The van der Waals surface area contributed by atoms with Crippen molar-refractivity contribution in [3.05, 3.63) is 40.7 Å². The van der Waals surface area contributed by atoms with Gasteiger partial charge in [0.15, 0.2) is 18.2 Å². The zero-order valence-electron chi connectivity index (χ0n) is 9.68. The van der Waals surface area contributed by atoms with Gasteiger partial charge in [-0.2, -0.15) is 5.10 Å². The van der Waals surface area contributed by atoms with Crippen molar-refractivity contribution in [1.82, 2.24) is 9.78 Å². The molecule has 0 saturated heterocycles. The van der Waals surface area contributed by atoms with Crippen molar-refractivity contribution in [2.75, 3.05) is 6.79 Å². The minimum atomic E-state index is -0.510. The topological polar surface area (TPSA) is 88.7 Å². The molecule has 1 aliphatic heterocycles. The highest BCUT2D eigenvalue weighted by Crippen LogP contribution is 2.35. The first-order chi connectivity index (χ1) is 9.22. The third-order valence-corrected chi connectivity index (χ3v) is 2.54. The molecular weight excluding hydrogens is 254 g/mol. The first kappa shape index (κ1) is 11.3. The minimum absolute atomic E-state index is 0.0747. The first-order valence-corrected chi connectivity index (χ1v) is 5.42. The molecule has 19 heavy (non-hydrogen) atoms. The highest BCUT2D eigenvalue weighted by atomic mass is 16.7. The second-order valence-corrected chi connectivity index (χ2v) is 3.78. The van der Waals surface area contributed by atoms with Crippen molar-refractivity contribution in [2.24, 2.45) is 0 Å². The third kappa shape index (κ3) is 2.28. The van der Waals surface area contributed by atoms with Gasteiger partial charge in [0.25, 0.3) is 0 Å². The Kier molecular flexibility index (Phi) is 2.67. The van der Waals surface area contributed by atoms with Gasteiger partial charge in [0.1, 0.15) is 18.1 Å². The molecule has 1 aliphatic rings. The Morgan fingerprint density at radius 2 is 2.26 bits per heavy atom. The number of fused-ring (bicyclic) bond motifs is 1. The summed E-state index contributed by atoms with van der Waals surface area (Å²) in [6, 6.07) is 5.16. The van der Waals surface area contributed by atoms with E-state index in [0.717, 1.165) is 0 Å². The molecule has 0 atom stereocenters. The quantitative estimate of drug-likeness (QED) is 0.614. The molecule has 0 N–H and O–H groups in total. The van der Waals surface area contributed by atoms with Crippen molar-refractivity contribution in [1.29, 1.82) is 0 Å². The van der Waals surface area contributed by atoms with Gasteiger partial charge in [0.2, 0.25) is 6.79 Å². The summed E-state index contributed by atoms with van der Waals surface area (Å²) in [5, 5.41) is 14.3. The zero-order valence-corrected chi connectivity index (χ0v) is 9.68. The van der Waals surface area contributed by atoms with Gasteiger partial charge in [-0.25, -0.2) is 4.68 Å². The normalized spacial score (nSPS) is 12.4. The number of aromatic nitrogens is 2. The summed E-state index contributed by atoms with van der Waals surface area (Å²) in [6.45, 7) is 0.275. The Labute approximate surface area is 107 Å². The fourth-order valence-electron chi connectivity index (χ4n) is 1.62. The van der Waals surface area contributed by atoms with Gasteiger partial charge in [-0.15, -0.1) is 0 Å². The predicted octanol–water partition coefficient (Wildman–Crippen LogP) is 1.56. The minimum Gasteiger partial charge on any atom is -0.471 e. The van der Waals surface area contributed by atoms with Crippen LogP contribution in [0.2, 0.25) is 0 Å². The van der Waals surface area contributed by atoms with E-state index in [9.17, 15) is 10.1 Å². The number of hydrogen-bond acceptors (Lipinski definition) is 6. The fourth-order valence-corrected chi connectivity index (χ4v) is 1.62. The summed E-state index contributed by atoms with van der Waals surface area (Å²) in [6.07, 6.45) is 2.47. The number of benzene rings is 1. The van der Waals surface area contributed by atoms with Gasteiger partial charge in [0.05, 0.1) is 4.92 Å². The second kappa shape index (κ2) is 4.48. The monoisotopic (exact) mass is 263 g/mol. The van der Waals surface area contributed by atoms with Gasteiger partial charge in [-0.1, -0.05) is 0 Å². The first-order valence-electron chi connectivity index (χ1n) is 5.42. The van der Waals surface area contributed by atoms with E-state index in [1.165, 1.54) is 17.1 Å². The largest absolute Gasteiger partial charge is 0.471 e. The van der Waals surface area contributed by atoms with Crippen LogP contribution in [0.4, 0.5) is 5.69 Å². The molecule has 0 unspecified atom stereocenters. The van der Waals surface area contributed by atoms with Gasteiger partial charge in [-0.3, -0.25) is 10.1 Å². The number of rotatable bonds is 4. The highest BCUT2D eigenvalue weighted by Gasteiger charge is 2.14. The lowest BCUT2D eigenvalue weighted by Gasteiger charge is -2.06. The SMILES string of the molecule is O=[N+]([O-])c1cnn(COc2ccc3c(c2)OCO3)c1. The molecule has 2 heterocycles. The van der Waals surface area contributed by atoms with Crippen molar-refractivity contribution < 1.29 is 19.1 Å². The smallest absolute Gasteiger partial charge is 0.307 e. The van der Waals surface area contributed by atoms with Crippen LogP contribution in [0.5, 0.6) is 17.2 Å². The molecule has 0 fully saturated rings. The van der Waals surface area contributed by atoms with Crippen LogP contribution in [0, 0.1) is 10.1 Å². The molecule has 1 aromatic heterocycles. The van der Waals surface area contributed by atoms with Crippen LogP contribution in [-0.2, 0) is 6.73 Å². The van der Waals surface area contributed by atoms with E-state index in [-0.39, 0.29) is 19.2 Å². The van der Waals surface area contributed by atoms with Crippen LogP contribution < -0.4 is 14.2 Å².